The number of hydrogen-bond acceptors (Lipinski definition) is 6. The minimum absolute atomic E-state index is 0. The molecule has 2 fully saturated rings. The molecule has 29 heavy (non-hydrogen) atoms. The second-order valence-electron chi connectivity index (χ2n) is 8.14. The van der Waals surface area contributed by atoms with E-state index >= 15 is 0 Å². The van der Waals surface area contributed by atoms with Crippen molar-refractivity contribution in [2.45, 2.75) is 50.8 Å². The Kier molecular flexibility index (Phi) is 8.17. The summed E-state index contributed by atoms with van der Waals surface area (Å²) in [7, 11) is 1.62. The molecule has 8 heteroatoms. The maximum Gasteiger partial charge on any atom is 0.242 e. The second-order valence-corrected chi connectivity index (χ2v) is 8.14. The average Bonchev–Trinajstić information content (AvgIpc) is 3.45. The Bertz CT molecular complexity index is 698. The first-order chi connectivity index (χ1) is 13.4. The molecular weight excluding hydrogens is 396 g/mol. The van der Waals surface area contributed by atoms with Crippen LogP contribution in [0, 0.1) is 11.8 Å². The van der Waals surface area contributed by atoms with E-state index in [-0.39, 0.29) is 36.2 Å². The highest BCUT2D eigenvalue weighted by Crippen LogP contribution is 2.42. The van der Waals surface area contributed by atoms with Crippen LogP contribution in [0.3, 0.4) is 0 Å². The van der Waals surface area contributed by atoms with E-state index in [1.807, 2.05) is 25.1 Å². The molecular formula is C21H33ClN2O5. The van der Waals surface area contributed by atoms with E-state index < -0.39 is 18.8 Å². The number of hydrogen-bond donors (Lipinski definition) is 3. The van der Waals surface area contributed by atoms with Gasteiger partial charge in [0.1, 0.15) is 6.04 Å². The van der Waals surface area contributed by atoms with Gasteiger partial charge in [-0.15, -0.1) is 12.4 Å². The Hall–Kier alpha value is -1.54. The fraction of sp³-hybridized carbons (Fsp3) is 0.667. The van der Waals surface area contributed by atoms with Gasteiger partial charge in [-0.3, -0.25) is 4.79 Å². The summed E-state index contributed by atoms with van der Waals surface area (Å²) in [5.41, 5.74) is 6.80. The lowest BCUT2D eigenvalue weighted by molar-refractivity contribution is -0.136. The smallest absolute Gasteiger partial charge is 0.242 e. The van der Waals surface area contributed by atoms with Crippen LogP contribution in [0.2, 0.25) is 0 Å². The van der Waals surface area contributed by atoms with Gasteiger partial charge in [0.25, 0.3) is 0 Å². The zero-order valence-electron chi connectivity index (χ0n) is 17.3. The van der Waals surface area contributed by atoms with Crippen LogP contribution < -0.4 is 15.2 Å². The van der Waals surface area contributed by atoms with E-state index in [9.17, 15) is 15.0 Å². The minimum Gasteiger partial charge on any atom is -0.493 e. The fourth-order valence-electron chi connectivity index (χ4n) is 4.19. The molecule has 0 bridgehead atoms. The lowest BCUT2D eigenvalue weighted by Gasteiger charge is -2.30. The van der Waals surface area contributed by atoms with Crippen LogP contribution in [-0.2, 0) is 4.79 Å². The van der Waals surface area contributed by atoms with Crippen molar-refractivity contribution in [1.29, 1.82) is 0 Å². The Morgan fingerprint density at radius 3 is 2.59 bits per heavy atom. The average molecular weight is 429 g/mol. The Morgan fingerprint density at radius 2 is 2.03 bits per heavy atom. The van der Waals surface area contributed by atoms with Crippen LogP contribution in [0.4, 0.5) is 0 Å². The lowest BCUT2D eigenvalue weighted by atomic mass is 9.85. The van der Waals surface area contributed by atoms with E-state index in [2.05, 4.69) is 0 Å². The predicted molar refractivity (Wildman–Crippen MR) is 113 cm³/mol. The number of benzene rings is 1. The number of amides is 1. The summed E-state index contributed by atoms with van der Waals surface area (Å²) in [5.74, 6) is 1.76. The number of methoxy groups -OCH3 is 1. The van der Waals surface area contributed by atoms with Gasteiger partial charge in [0.2, 0.25) is 5.91 Å². The molecule has 1 saturated heterocycles. The highest BCUT2D eigenvalue weighted by Gasteiger charge is 2.45. The van der Waals surface area contributed by atoms with E-state index in [0.717, 1.165) is 5.56 Å². The summed E-state index contributed by atoms with van der Waals surface area (Å²) in [6, 6.07) is 4.55. The fourth-order valence-corrected chi connectivity index (χ4v) is 4.19. The molecule has 1 saturated carbocycles. The van der Waals surface area contributed by atoms with Crippen molar-refractivity contribution in [3.63, 3.8) is 0 Å². The molecule has 1 unspecified atom stereocenters. The van der Waals surface area contributed by atoms with Crippen LogP contribution in [0.5, 0.6) is 11.5 Å². The molecule has 7 nitrogen and oxygen atoms in total. The van der Waals surface area contributed by atoms with Crippen LogP contribution in [0.1, 0.15) is 38.2 Å². The number of rotatable bonds is 8. The third-order valence-corrected chi connectivity index (χ3v) is 6.01. The highest BCUT2D eigenvalue weighted by molar-refractivity contribution is 5.85. The van der Waals surface area contributed by atoms with Crippen LogP contribution in [0.25, 0.3) is 0 Å². The summed E-state index contributed by atoms with van der Waals surface area (Å²) < 4.78 is 11.4. The third-order valence-electron chi connectivity index (χ3n) is 6.01. The van der Waals surface area contributed by atoms with Gasteiger partial charge in [0.15, 0.2) is 11.5 Å². The Labute approximate surface area is 178 Å². The van der Waals surface area contributed by atoms with Gasteiger partial charge in [-0.05, 0) is 49.3 Å². The third kappa shape index (κ3) is 5.15. The van der Waals surface area contributed by atoms with Crippen LogP contribution >= 0.6 is 12.4 Å². The number of carbonyl (C=O) groups is 1. The molecule has 1 aromatic rings. The van der Waals surface area contributed by atoms with Gasteiger partial charge in [0.05, 0.1) is 32.5 Å². The van der Waals surface area contributed by atoms with Gasteiger partial charge in [-0.25, -0.2) is 0 Å². The van der Waals surface area contributed by atoms with E-state index in [0.29, 0.717) is 30.6 Å². The summed E-state index contributed by atoms with van der Waals surface area (Å²) in [6.45, 7) is 4.44. The van der Waals surface area contributed by atoms with E-state index in [1.165, 1.54) is 12.8 Å². The topological polar surface area (TPSA) is 105 Å². The van der Waals surface area contributed by atoms with Crippen LogP contribution in [0.15, 0.2) is 18.2 Å². The molecule has 0 spiro atoms. The molecule has 1 aliphatic heterocycles. The van der Waals surface area contributed by atoms with Crippen LogP contribution in [-0.4, -0.2) is 66.1 Å². The highest BCUT2D eigenvalue weighted by atomic mass is 35.5. The largest absolute Gasteiger partial charge is 0.493 e. The number of aliphatic hydroxyl groups is 2. The molecule has 1 aliphatic carbocycles. The summed E-state index contributed by atoms with van der Waals surface area (Å²) in [6.07, 6.45) is 1.72. The maximum atomic E-state index is 12.7. The van der Waals surface area contributed by atoms with Crippen molar-refractivity contribution in [3.05, 3.63) is 23.8 Å². The molecule has 1 aromatic carbocycles. The minimum atomic E-state index is -0.972. The van der Waals surface area contributed by atoms with Crippen molar-refractivity contribution >= 4 is 18.3 Å². The lowest BCUT2D eigenvalue weighted by Crippen LogP contribution is -2.51. The monoisotopic (exact) mass is 428 g/mol. The second kappa shape index (κ2) is 9.98. The summed E-state index contributed by atoms with van der Waals surface area (Å²) >= 11 is 0. The summed E-state index contributed by atoms with van der Waals surface area (Å²) in [5, 5.41) is 19.6. The molecule has 0 radical (unpaired) electrons. The number of nitrogens with zero attached hydrogens (tertiary/aromatic N) is 1. The number of aliphatic hydroxyl groups excluding tert-OH is 2. The van der Waals surface area contributed by atoms with Crippen molar-refractivity contribution in [2.24, 2.45) is 17.6 Å². The standard InChI is InChI=1S/C21H32N2O5.ClH/c1-12-16(9-23(20(12)13(2)25)21(26)17(22)10-24)15-6-7-18(27-3)19(8-15)28-11-14-4-5-14;/h6-8,12-14,16-17,20,24-25H,4-5,9-11,22H2,1-3H3;1H/t12-,13+,16-,17+,20?;/m0./s1. The van der Waals surface area contributed by atoms with E-state index in [4.69, 9.17) is 15.2 Å². The Morgan fingerprint density at radius 1 is 1.34 bits per heavy atom. The molecule has 5 atom stereocenters. The number of likely N-dealkylation sites (tertiary alicyclic amines) is 1. The molecule has 0 aromatic heterocycles. The van der Waals surface area contributed by atoms with Crippen molar-refractivity contribution in [3.8, 4) is 11.5 Å². The first-order valence-corrected chi connectivity index (χ1v) is 10.0. The van der Waals surface area contributed by atoms with Crippen molar-refractivity contribution in [2.75, 3.05) is 26.9 Å². The van der Waals surface area contributed by atoms with Gasteiger partial charge < -0.3 is 30.3 Å². The normalized spacial score (nSPS) is 25.9. The van der Waals surface area contributed by atoms with Gasteiger partial charge >= 0.3 is 0 Å². The zero-order chi connectivity index (χ0) is 20.4. The molecule has 1 amide bonds. The molecule has 4 N–H and O–H groups in total. The molecule has 1 heterocycles. The number of carbonyl (C=O) groups excluding carboxylic acids is 1. The van der Waals surface area contributed by atoms with Gasteiger partial charge in [-0.1, -0.05) is 13.0 Å². The van der Waals surface area contributed by atoms with Crippen molar-refractivity contribution in [1.82, 2.24) is 4.90 Å². The predicted octanol–water partition coefficient (Wildman–Crippen LogP) is 1.54. The number of ether oxygens (including phenoxy) is 2. The molecule has 3 rings (SSSR count). The number of halogens is 1. The SMILES string of the molecule is COc1ccc([C@H]2CN(C(=O)[C@H](N)CO)C([C@@H](C)O)[C@H]2C)cc1OCC1CC1.Cl. The first-order valence-electron chi connectivity index (χ1n) is 10.0. The molecule has 164 valence electrons. The zero-order valence-corrected chi connectivity index (χ0v) is 18.1. The summed E-state index contributed by atoms with van der Waals surface area (Å²) in [4.78, 5) is 14.3. The van der Waals surface area contributed by atoms with Crippen molar-refractivity contribution < 1.29 is 24.5 Å². The quantitative estimate of drug-likeness (QED) is 0.580. The Balaban J connectivity index is 0.00000300. The maximum absolute atomic E-state index is 12.7. The molecule has 2 aliphatic rings. The van der Waals surface area contributed by atoms with Gasteiger partial charge in [-0.2, -0.15) is 0 Å². The number of nitrogens with two attached hydrogens (primary N) is 1. The van der Waals surface area contributed by atoms with E-state index in [1.54, 1.807) is 18.9 Å². The van der Waals surface area contributed by atoms with Gasteiger partial charge in [0, 0.05) is 12.5 Å². The first kappa shape index (κ1) is 23.7.